The van der Waals surface area contributed by atoms with E-state index in [1.165, 1.54) is 5.56 Å². The Morgan fingerprint density at radius 2 is 2.00 bits per heavy atom. The van der Waals surface area contributed by atoms with Crippen molar-refractivity contribution in [1.29, 1.82) is 0 Å². The monoisotopic (exact) mass is 251 g/mol. The van der Waals surface area contributed by atoms with Crippen molar-refractivity contribution in [3.8, 4) is 5.75 Å². The zero-order valence-electron chi connectivity index (χ0n) is 11.1. The smallest absolute Gasteiger partial charge is 0.344 e. The second-order valence-electron chi connectivity index (χ2n) is 4.04. The van der Waals surface area contributed by atoms with Gasteiger partial charge in [0.15, 0.2) is 6.61 Å². The molecule has 0 heterocycles. The lowest BCUT2D eigenvalue weighted by molar-refractivity contribution is -0.146. The average molecular weight is 251 g/mol. The van der Waals surface area contributed by atoms with Gasteiger partial charge in [0.05, 0.1) is 6.61 Å². The number of esters is 1. The van der Waals surface area contributed by atoms with Crippen LogP contribution in [-0.2, 0) is 16.1 Å². The Balaban J connectivity index is 2.27. The van der Waals surface area contributed by atoms with Gasteiger partial charge in [-0.3, -0.25) is 0 Å². The molecule has 0 bridgehead atoms. The minimum atomic E-state index is -0.317. The number of hydrogen-bond donors (Lipinski definition) is 1. The number of carbonyl (C=O) groups is 1. The summed E-state index contributed by atoms with van der Waals surface area (Å²) in [4.78, 5) is 11.3. The molecule has 0 spiro atoms. The fourth-order valence-electron chi connectivity index (χ4n) is 1.42. The third kappa shape index (κ3) is 5.68. The molecule has 0 atom stereocenters. The summed E-state index contributed by atoms with van der Waals surface area (Å²) in [6.45, 7) is 3.31. The van der Waals surface area contributed by atoms with Gasteiger partial charge in [0, 0.05) is 6.54 Å². The first-order valence-corrected chi connectivity index (χ1v) is 6.28. The highest BCUT2D eigenvalue weighted by atomic mass is 16.6. The Morgan fingerprint density at radius 3 is 2.61 bits per heavy atom. The van der Waals surface area contributed by atoms with Crippen molar-refractivity contribution >= 4 is 5.97 Å². The van der Waals surface area contributed by atoms with Crippen LogP contribution in [0.5, 0.6) is 5.75 Å². The molecular formula is C14H21NO3. The zero-order chi connectivity index (χ0) is 13.2. The summed E-state index contributed by atoms with van der Waals surface area (Å²) < 4.78 is 10.3. The van der Waals surface area contributed by atoms with Crippen LogP contribution in [0, 0.1) is 0 Å². The van der Waals surface area contributed by atoms with E-state index in [0.29, 0.717) is 12.4 Å². The maximum Gasteiger partial charge on any atom is 0.344 e. The minimum Gasteiger partial charge on any atom is -0.482 e. The van der Waals surface area contributed by atoms with Crippen molar-refractivity contribution in [2.24, 2.45) is 0 Å². The van der Waals surface area contributed by atoms with E-state index in [1.54, 1.807) is 0 Å². The molecule has 0 aliphatic rings. The summed E-state index contributed by atoms with van der Waals surface area (Å²) >= 11 is 0. The summed E-state index contributed by atoms with van der Waals surface area (Å²) in [5.74, 6) is 0.366. The van der Waals surface area contributed by atoms with Crippen molar-refractivity contribution in [2.75, 3.05) is 20.3 Å². The van der Waals surface area contributed by atoms with Crippen LogP contribution in [0.1, 0.15) is 25.3 Å². The lowest BCUT2D eigenvalue weighted by atomic mass is 10.2. The van der Waals surface area contributed by atoms with Gasteiger partial charge in [-0.15, -0.1) is 0 Å². The normalized spacial score (nSPS) is 10.1. The van der Waals surface area contributed by atoms with Crippen LogP contribution in [0.3, 0.4) is 0 Å². The van der Waals surface area contributed by atoms with E-state index >= 15 is 0 Å². The van der Waals surface area contributed by atoms with Crippen LogP contribution in [0.15, 0.2) is 24.3 Å². The molecule has 0 saturated carbocycles. The maximum absolute atomic E-state index is 11.3. The molecule has 0 saturated heterocycles. The molecule has 0 radical (unpaired) electrons. The van der Waals surface area contributed by atoms with Crippen LogP contribution in [-0.4, -0.2) is 26.2 Å². The van der Waals surface area contributed by atoms with Crippen molar-refractivity contribution < 1.29 is 14.3 Å². The van der Waals surface area contributed by atoms with Gasteiger partial charge in [0.2, 0.25) is 0 Å². The van der Waals surface area contributed by atoms with E-state index in [0.717, 1.165) is 19.4 Å². The highest BCUT2D eigenvalue weighted by Gasteiger charge is 2.03. The van der Waals surface area contributed by atoms with Gasteiger partial charge in [0.25, 0.3) is 0 Å². The molecule has 1 rings (SSSR count). The number of carbonyl (C=O) groups excluding carboxylic acids is 1. The van der Waals surface area contributed by atoms with E-state index < -0.39 is 0 Å². The van der Waals surface area contributed by atoms with Crippen molar-refractivity contribution in [3.05, 3.63) is 29.8 Å². The van der Waals surface area contributed by atoms with E-state index in [-0.39, 0.29) is 12.6 Å². The third-order valence-corrected chi connectivity index (χ3v) is 2.42. The lowest BCUT2D eigenvalue weighted by Crippen LogP contribution is -2.15. The van der Waals surface area contributed by atoms with Gasteiger partial charge in [-0.05, 0) is 31.2 Å². The fourth-order valence-corrected chi connectivity index (χ4v) is 1.42. The quantitative estimate of drug-likeness (QED) is 0.568. The highest BCUT2D eigenvalue weighted by Crippen LogP contribution is 2.12. The second-order valence-corrected chi connectivity index (χ2v) is 4.04. The Kier molecular flexibility index (Phi) is 6.87. The van der Waals surface area contributed by atoms with Crippen LogP contribution in [0.2, 0.25) is 0 Å². The molecular weight excluding hydrogens is 230 g/mol. The molecule has 0 aliphatic heterocycles. The third-order valence-electron chi connectivity index (χ3n) is 2.42. The predicted octanol–water partition coefficient (Wildman–Crippen LogP) is 2.13. The molecule has 0 amide bonds. The Bertz CT molecular complexity index is 349. The van der Waals surface area contributed by atoms with Gasteiger partial charge in [-0.2, -0.15) is 0 Å². The standard InChI is InChI=1S/C14H21NO3/c1-3-4-9-17-14(16)11-18-13-7-5-12(6-8-13)10-15-2/h5-8,15H,3-4,9-11H2,1-2H3. The molecule has 0 fully saturated rings. The first-order chi connectivity index (χ1) is 8.76. The van der Waals surface area contributed by atoms with E-state index in [2.05, 4.69) is 12.2 Å². The van der Waals surface area contributed by atoms with Crippen molar-refractivity contribution in [3.63, 3.8) is 0 Å². The molecule has 0 aromatic heterocycles. The van der Waals surface area contributed by atoms with Crippen LogP contribution in [0.25, 0.3) is 0 Å². The number of rotatable bonds is 8. The molecule has 0 unspecified atom stereocenters. The van der Waals surface area contributed by atoms with E-state index in [4.69, 9.17) is 9.47 Å². The number of ether oxygens (including phenoxy) is 2. The van der Waals surface area contributed by atoms with E-state index in [9.17, 15) is 4.79 Å². The summed E-state index contributed by atoms with van der Waals surface area (Å²) in [6.07, 6.45) is 1.91. The van der Waals surface area contributed by atoms with Crippen molar-refractivity contribution in [2.45, 2.75) is 26.3 Å². The van der Waals surface area contributed by atoms with Crippen LogP contribution in [0.4, 0.5) is 0 Å². The number of unbranched alkanes of at least 4 members (excludes halogenated alkanes) is 1. The van der Waals surface area contributed by atoms with Gasteiger partial charge < -0.3 is 14.8 Å². The number of nitrogens with one attached hydrogen (secondary N) is 1. The Hall–Kier alpha value is -1.55. The summed E-state index contributed by atoms with van der Waals surface area (Å²) in [7, 11) is 1.90. The Labute approximate surface area is 108 Å². The highest BCUT2D eigenvalue weighted by molar-refractivity contribution is 5.71. The van der Waals surface area contributed by atoms with Gasteiger partial charge in [-0.25, -0.2) is 4.79 Å². The zero-order valence-corrected chi connectivity index (χ0v) is 11.1. The SMILES string of the molecule is CCCCOC(=O)COc1ccc(CNC)cc1. The summed E-state index contributed by atoms with van der Waals surface area (Å²) in [5, 5.41) is 3.07. The van der Waals surface area contributed by atoms with Gasteiger partial charge in [-0.1, -0.05) is 25.5 Å². The minimum absolute atomic E-state index is 0.0327. The Morgan fingerprint density at radius 1 is 1.28 bits per heavy atom. The molecule has 4 nitrogen and oxygen atoms in total. The molecule has 100 valence electrons. The first-order valence-electron chi connectivity index (χ1n) is 6.28. The fraction of sp³-hybridized carbons (Fsp3) is 0.500. The van der Waals surface area contributed by atoms with Gasteiger partial charge in [0.1, 0.15) is 5.75 Å². The first kappa shape index (κ1) is 14.5. The number of benzene rings is 1. The summed E-state index contributed by atoms with van der Waals surface area (Å²) in [5.41, 5.74) is 1.18. The largest absolute Gasteiger partial charge is 0.482 e. The van der Waals surface area contributed by atoms with E-state index in [1.807, 2.05) is 31.3 Å². The van der Waals surface area contributed by atoms with Crippen molar-refractivity contribution in [1.82, 2.24) is 5.32 Å². The van der Waals surface area contributed by atoms with Crippen LogP contribution < -0.4 is 10.1 Å². The molecule has 0 aliphatic carbocycles. The summed E-state index contributed by atoms with van der Waals surface area (Å²) in [6, 6.07) is 7.64. The molecule has 1 N–H and O–H groups in total. The molecule has 18 heavy (non-hydrogen) atoms. The molecule has 4 heteroatoms. The molecule has 1 aromatic rings. The maximum atomic E-state index is 11.3. The second kappa shape index (κ2) is 8.53. The predicted molar refractivity (Wildman–Crippen MR) is 70.6 cm³/mol. The number of hydrogen-bond acceptors (Lipinski definition) is 4. The van der Waals surface area contributed by atoms with Crippen LogP contribution >= 0.6 is 0 Å². The molecule has 1 aromatic carbocycles. The van der Waals surface area contributed by atoms with Gasteiger partial charge >= 0.3 is 5.97 Å². The topological polar surface area (TPSA) is 47.6 Å². The average Bonchev–Trinajstić information content (AvgIpc) is 2.39. The lowest BCUT2D eigenvalue weighted by Gasteiger charge is -2.07.